The van der Waals surface area contributed by atoms with Crippen molar-refractivity contribution in [1.82, 2.24) is 4.98 Å². The lowest BCUT2D eigenvalue weighted by Crippen LogP contribution is -2.13. The molecule has 0 spiro atoms. The molecule has 30 heavy (non-hydrogen) atoms. The Labute approximate surface area is 185 Å². The van der Waals surface area contributed by atoms with Gasteiger partial charge in [0.2, 0.25) is 5.91 Å². The van der Waals surface area contributed by atoms with E-state index < -0.39 is 0 Å². The molecule has 1 atom stereocenters. The Bertz CT molecular complexity index is 1060. The van der Waals surface area contributed by atoms with Gasteiger partial charge in [-0.3, -0.25) is 4.79 Å². The molecule has 1 amide bonds. The first-order valence-electron chi connectivity index (χ1n) is 10.5. The highest BCUT2D eigenvalue weighted by Gasteiger charge is 2.24. The van der Waals surface area contributed by atoms with Crippen molar-refractivity contribution in [3.05, 3.63) is 38.9 Å². The molecule has 0 saturated heterocycles. The maximum absolute atomic E-state index is 12.5. The van der Waals surface area contributed by atoms with E-state index >= 15 is 0 Å². The van der Waals surface area contributed by atoms with Gasteiger partial charge in [0.25, 0.3) is 0 Å². The van der Waals surface area contributed by atoms with E-state index in [2.05, 4.69) is 24.4 Å². The third-order valence-electron chi connectivity index (χ3n) is 5.83. The number of rotatable bonds is 5. The fraction of sp³-hybridized carbons (Fsp3) is 0.478. The summed E-state index contributed by atoms with van der Waals surface area (Å²) in [5.74, 6) is 1.08. The van der Waals surface area contributed by atoms with E-state index in [1.54, 1.807) is 11.3 Å². The molecule has 5 nitrogen and oxygen atoms in total. The highest BCUT2D eigenvalue weighted by atomic mass is 32.2. The van der Waals surface area contributed by atoms with Gasteiger partial charge in [-0.15, -0.1) is 23.1 Å². The molecule has 154 valence electrons. The number of fused-ring (bicyclic) bond motifs is 2. The minimum absolute atomic E-state index is 0.0953. The zero-order valence-corrected chi connectivity index (χ0v) is 18.7. The van der Waals surface area contributed by atoms with Crippen LogP contribution in [0.2, 0.25) is 0 Å². The molecular weight excluding hydrogens is 412 g/mol. The molecule has 7 heteroatoms. The van der Waals surface area contributed by atoms with Crippen LogP contribution in [0, 0.1) is 28.6 Å². The maximum Gasteiger partial charge on any atom is 0.225 e. The van der Waals surface area contributed by atoms with Crippen LogP contribution >= 0.6 is 23.1 Å². The highest BCUT2D eigenvalue weighted by Crippen LogP contribution is 2.39. The number of anilines is 1. The summed E-state index contributed by atoms with van der Waals surface area (Å²) in [4.78, 5) is 18.5. The number of hydrogen-bond donors (Lipinski definition) is 1. The molecule has 2 aromatic rings. The second kappa shape index (κ2) is 9.20. The Hall–Kier alpha value is -2.35. The molecule has 0 aromatic carbocycles. The van der Waals surface area contributed by atoms with Gasteiger partial charge in [0, 0.05) is 22.7 Å². The second-order valence-corrected chi connectivity index (χ2v) is 10.3. The number of pyridine rings is 1. The average Bonchev–Trinajstić information content (AvgIpc) is 3.08. The molecule has 0 saturated carbocycles. The van der Waals surface area contributed by atoms with Crippen LogP contribution in [0.15, 0.2) is 11.1 Å². The fourth-order valence-electron chi connectivity index (χ4n) is 4.19. The lowest BCUT2D eigenvalue weighted by Gasteiger charge is -2.17. The SMILES string of the molecule is CC1CCc2c(sc(NC(=O)CCSc3nc4c(cc3C#N)CCCC4)c2C#N)C1. The molecule has 4 rings (SSSR count). The van der Waals surface area contributed by atoms with Crippen LogP contribution in [0.3, 0.4) is 0 Å². The highest BCUT2D eigenvalue weighted by molar-refractivity contribution is 7.99. The van der Waals surface area contributed by atoms with Crippen molar-refractivity contribution in [2.45, 2.75) is 63.3 Å². The van der Waals surface area contributed by atoms with Gasteiger partial charge in [0.15, 0.2) is 0 Å². The predicted octanol–water partition coefficient (Wildman–Crippen LogP) is 5.01. The number of carbonyl (C=O) groups excluding carboxylic acids is 1. The average molecular weight is 437 g/mol. The van der Waals surface area contributed by atoms with Gasteiger partial charge in [-0.05, 0) is 68.1 Å². The van der Waals surface area contributed by atoms with Crippen LogP contribution < -0.4 is 5.32 Å². The van der Waals surface area contributed by atoms with Crippen LogP contribution in [-0.2, 0) is 30.5 Å². The van der Waals surface area contributed by atoms with Crippen molar-refractivity contribution >= 4 is 34.0 Å². The minimum atomic E-state index is -0.0953. The summed E-state index contributed by atoms with van der Waals surface area (Å²) >= 11 is 3.02. The minimum Gasteiger partial charge on any atom is -0.317 e. The summed E-state index contributed by atoms with van der Waals surface area (Å²) in [5, 5.41) is 23.4. The summed E-state index contributed by atoms with van der Waals surface area (Å²) in [6, 6.07) is 6.52. The van der Waals surface area contributed by atoms with E-state index in [4.69, 9.17) is 4.98 Å². The van der Waals surface area contributed by atoms with Crippen molar-refractivity contribution in [2.75, 3.05) is 11.1 Å². The summed E-state index contributed by atoms with van der Waals surface area (Å²) in [6.45, 7) is 2.23. The third-order valence-corrected chi connectivity index (χ3v) is 7.99. The number of nitrogens with one attached hydrogen (secondary N) is 1. The van der Waals surface area contributed by atoms with Crippen molar-refractivity contribution in [1.29, 1.82) is 10.5 Å². The molecular formula is C23H24N4OS2. The molecule has 2 aliphatic rings. The van der Waals surface area contributed by atoms with Crippen molar-refractivity contribution in [2.24, 2.45) is 5.92 Å². The molecule has 0 fully saturated rings. The molecule has 2 aliphatic carbocycles. The Morgan fingerprint density at radius 3 is 2.93 bits per heavy atom. The zero-order valence-electron chi connectivity index (χ0n) is 17.1. The van der Waals surface area contributed by atoms with Gasteiger partial charge in [-0.1, -0.05) is 6.92 Å². The van der Waals surface area contributed by atoms with Crippen LogP contribution in [0.1, 0.15) is 65.4 Å². The summed E-state index contributed by atoms with van der Waals surface area (Å²) in [7, 11) is 0. The van der Waals surface area contributed by atoms with E-state index in [1.807, 2.05) is 6.07 Å². The monoisotopic (exact) mass is 436 g/mol. The third kappa shape index (κ3) is 4.38. The quantitative estimate of drug-likeness (QED) is 0.665. The normalized spacial score (nSPS) is 17.4. The molecule has 1 N–H and O–H groups in total. The Morgan fingerprint density at radius 2 is 2.13 bits per heavy atom. The van der Waals surface area contributed by atoms with Gasteiger partial charge < -0.3 is 5.32 Å². The van der Waals surface area contributed by atoms with Crippen LogP contribution in [0.25, 0.3) is 0 Å². The van der Waals surface area contributed by atoms with Crippen molar-refractivity contribution in [3.63, 3.8) is 0 Å². The smallest absolute Gasteiger partial charge is 0.225 e. The van der Waals surface area contributed by atoms with Gasteiger partial charge in [0.1, 0.15) is 22.2 Å². The standard InChI is InChI=1S/C23H24N4OS2/c1-14-6-7-17-18(13-25)23(30-20(17)10-14)27-21(28)8-9-29-22-16(12-24)11-15-4-2-3-5-19(15)26-22/h11,14H,2-10H2,1H3,(H,27,28). The van der Waals surface area contributed by atoms with E-state index in [0.29, 0.717) is 34.2 Å². The Balaban J connectivity index is 1.39. The molecule has 2 aromatic heterocycles. The largest absolute Gasteiger partial charge is 0.317 e. The van der Waals surface area contributed by atoms with Gasteiger partial charge in [0.05, 0.1) is 11.1 Å². The number of nitriles is 2. The first-order chi connectivity index (χ1) is 14.6. The molecule has 2 heterocycles. The predicted molar refractivity (Wildman–Crippen MR) is 120 cm³/mol. The first-order valence-corrected chi connectivity index (χ1v) is 12.3. The van der Waals surface area contributed by atoms with Crippen LogP contribution in [-0.4, -0.2) is 16.6 Å². The summed E-state index contributed by atoms with van der Waals surface area (Å²) in [6.07, 6.45) is 7.58. The number of amides is 1. The number of hydrogen-bond acceptors (Lipinski definition) is 6. The van der Waals surface area contributed by atoms with Crippen molar-refractivity contribution in [3.8, 4) is 12.1 Å². The number of thioether (sulfide) groups is 1. The number of thiophene rings is 1. The van der Waals surface area contributed by atoms with Gasteiger partial charge in [-0.25, -0.2) is 4.98 Å². The van der Waals surface area contributed by atoms with Gasteiger partial charge in [-0.2, -0.15) is 10.5 Å². The number of carbonyl (C=O) groups is 1. The lowest BCUT2D eigenvalue weighted by atomic mass is 9.89. The van der Waals surface area contributed by atoms with E-state index in [9.17, 15) is 15.3 Å². The molecule has 0 aliphatic heterocycles. The second-order valence-electron chi connectivity index (χ2n) is 8.08. The lowest BCUT2D eigenvalue weighted by molar-refractivity contribution is -0.115. The maximum atomic E-state index is 12.5. The Kier molecular flexibility index (Phi) is 6.41. The summed E-state index contributed by atoms with van der Waals surface area (Å²) in [5.41, 5.74) is 4.67. The number of aromatic nitrogens is 1. The van der Waals surface area contributed by atoms with Crippen LogP contribution in [0.5, 0.6) is 0 Å². The molecule has 1 unspecified atom stereocenters. The van der Waals surface area contributed by atoms with Gasteiger partial charge >= 0.3 is 0 Å². The van der Waals surface area contributed by atoms with Crippen LogP contribution in [0.4, 0.5) is 5.00 Å². The molecule has 0 bridgehead atoms. The van der Waals surface area contributed by atoms with E-state index in [0.717, 1.165) is 61.2 Å². The number of nitrogens with zero attached hydrogens (tertiary/aromatic N) is 3. The molecule has 0 radical (unpaired) electrons. The summed E-state index contributed by atoms with van der Waals surface area (Å²) < 4.78 is 0. The topological polar surface area (TPSA) is 89.6 Å². The van der Waals surface area contributed by atoms with E-state index in [1.165, 1.54) is 22.2 Å². The first kappa shape index (κ1) is 20.9. The van der Waals surface area contributed by atoms with E-state index in [-0.39, 0.29) is 5.91 Å². The fourth-order valence-corrected chi connectivity index (χ4v) is 6.48. The van der Waals surface area contributed by atoms with Crippen molar-refractivity contribution < 1.29 is 4.79 Å². The Morgan fingerprint density at radius 1 is 1.30 bits per heavy atom. The number of aryl methyl sites for hydroxylation is 2. The zero-order chi connectivity index (χ0) is 21.1.